The van der Waals surface area contributed by atoms with Crippen LogP contribution in [0.4, 0.5) is 0 Å². The van der Waals surface area contributed by atoms with Gasteiger partial charge in [-0.05, 0) is 38.1 Å². The van der Waals surface area contributed by atoms with Gasteiger partial charge < -0.3 is 4.57 Å². The minimum absolute atomic E-state index is 0.316. The summed E-state index contributed by atoms with van der Waals surface area (Å²) in [7, 11) is 1.79. The molecule has 8 nitrogen and oxygen atoms in total. The maximum absolute atomic E-state index is 12.8. The summed E-state index contributed by atoms with van der Waals surface area (Å²) in [6.07, 6.45) is 7.39. The Morgan fingerprint density at radius 1 is 1.00 bits per heavy atom. The van der Waals surface area contributed by atoms with Gasteiger partial charge in [0.2, 0.25) is 0 Å². The Morgan fingerprint density at radius 3 is 2.41 bits per heavy atom. The highest BCUT2D eigenvalue weighted by Gasteiger charge is 2.17. The molecule has 0 amide bonds. The molecule has 0 atom stereocenters. The molecule has 0 N–H and O–H groups in total. The van der Waals surface area contributed by atoms with Crippen LogP contribution in [0.15, 0.2) is 52.3 Å². The maximum atomic E-state index is 12.8. The lowest BCUT2D eigenvalue weighted by Crippen LogP contribution is -2.39. The zero-order valence-electron chi connectivity index (χ0n) is 16.6. The topological polar surface area (TPSA) is 79.6 Å². The van der Waals surface area contributed by atoms with Crippen LogP contribution in [-0.4, -0.2) is 28.5 Å². The lowest BCUT2D eigenvalue weighted by molar-refractivity contribution is 0.604. The molecule has 8 heteroatoms. The summed E-state index contributed by atoms with van der Waals surface area (Å²) in [4.78, 5) is 29.9. The molecule has 0 unspecified atom stereocenters. The van der Waals surface area contributed by atoms with E-state index in [4.69, 9.17) is 0 Å². The van der Waals surface area contributed by atoms with Crippen molar-refractivity contribution in [2.24, 2.45) is 7.05 Å². The van der Waals surface area contributed by atoms with Crippen molar-refractivity contribution in [3.8, 4) is 5.69 Å². The molecule has 29 heavy (non-hydrogen) atoms. The van der Waals surface area contributed by atoms with Crippen LogP contribution < -0.4 is 11.2 Å². The normalized spacial score (nSPS) is 11.7. The summed E-state index contributed by atoms with van der Waals surface area (Å²) in [6.45, 7) is 4.42. The van der Waals surface area contributed by atoms with Crippen molar-refractivity contribution in [3.63, 3.8) is 0 Å². The average Bonchev–Trinajstić information content (AvgIpc) is 3.33. The van der Waals surface area contributed by atoms with Gasteiger partial charge in [0.15, 0.2) is 11.2 Å². The molecule has 4 rings (SSSR count). The number of hydrogen-bond donors (Lipinski definition) is 0. The Balaban J connectivity index is 1.77. The third kappa shape index (κ3) is 3.12. The van der Waals surface area contributed by atoms with Crippen molar-refractivity contribution in [1.29, 1.82) is 0 Å². The number of aryl methyl sites for hydroxylation is 2. The standard InChI is InChI=1S/C21H22N6O2/c1-4-25-19-18(20(28)26(5-2)21(25)29)24(3)17(23-19)12-11-15-13-22-27(14-15)16-9-7-6-8-10-16/h6-14H,4-5H2,1-3H3/b12-11+. The van der Waals surface area contributed by atoms with Gasteiger partial charge in [0.05, 0.1) is 11.9 Å². The van der Waals surface area contributed by atoms with Crippen LogP contribution in [0.1, 0.15) is 25.2 Å². The maximum Gasteiger partial charge on any atom is 0.332 e. The van der Waals surface area contributed by atoms with E-state index in [2.05, 4.69) is 10.1 Å². The molecule has 0 radical (unpaired) electrons. The summed E-state index contributed by atoms with van der Waals surface area (Å²) < 4.78 is 6.30. The van der Waals surface area contributed by atoms with Crippen LogP contribution in [0.3, 0.4) is 0 Å². The molecule has 0 saturated heterocycles. The summed E-state index contributed by atoms with van der Waals surface area (Å²) in [5, 5.41) is 4.38. The molecule has 0 aliphatic rings. The van der Waals surface area contributed by atoms with Crippen LogP contribution >= 0.6 is 0 Å². The van der Waals surface area contributed by atoms with Crippen LogP contribution in [0.25, 0.3) is 29.0 Å². The molecule has 0 saturated carbocycles. The Morgan fingerprint density at radius 2 is 1.72 bits per heavy atom. The number of fused-ring (bicyclic) bond motifs is 1. The quantitative estimate of drug-likeness (QED) is 0.524. The third-order valence-corrected chi connectivity index (χ3v) is 4.96. The van der Waals surface area contributed by atoms with E-state index >= 15 is 0 Å². The van der Waals surface area contributed by atoms with Gasteiger partial charge in [-0.25, -0.2) is 14.5 Å². The van der Waals surface area contributed by atoms with E-state index in [0.29, 0.717) is 30.1 Å². The summed E-state index contributed by atoms with van der Waals surface area (Å²) in [5.41, 5.74) is 2.07. The SMILES string of the molecule is CCn1c(=O)c2c(nc(/C=C/c3cnn(-c4ccccc4)c3)n2C)n(CC)c1=O. The largest absolute Gasteiger partial charge is 0.332 e. The fraction of sp³-hybridized carbons (Fsp3) is 0.238. The van der Waals surface area contributed by atoms with Crippen molar-refractivity contribution in [1.82, 2.24) is 28.5 Å². The zero-order chi connectivity index (χ0) is 20.5. The minimum Gasteiger partial charge on any atom is -0.322 e. The number of imidazole rings is 1. The number of para-hydroxylation sites is 1. The van der Waals surface area contributed by atoms with Gasteiger partial charge in [-0.15, -0.1) is 0 Å². The predicted molar refractivity (Wildman–Crippen MR) is 113 cm³/mol. The van der Waals surface area contributed by atoms with Gasteiger partial charge in [0.25, 0.3) is 5.56 Å². The van der Waals surface area contributed by atoms with Gasteiger partial charge in [-0.3, -0.25) is 13.9 Å². The third-order valence-electron chi connectivity index (χ3n) is 4.96. The van der Waals surface area contributed by atoms with Gasteiger partial charge in [0, 0.05) is 31.9 Å². The smallest absolute Gasteiger partial charge is 0.322 e. The molecule has 0 aliphatic heterocycles. The first kappa shape index (κ1) is 18.7. The minimum atomic E-state index is -0.328. The monoisotopic (exact) mass is 390 g/mol. The fourth-order valence-electron chi connectivity index (χ4n) is 3.41. The van der Waals surface area contributed by atoms with Crippen LogP contribution in [0, 0.1) is 0 Å². The average molecular weight is 390 g/mol. The molecule has 0 bridgehead atoms. The molecule has 148 valence electrons. The number of hydrogen-bond acceptors (Lipinski definition) is 4. The molecule has 0 spiro atoms. The van der Waals surface area contributed by atoms with E-state index in [1.165, 1.54) is 9.13 Å². The van der Waals surface area contributed by atoms with Crippen LogP contribution in [0.5, 0.6) is 0 Å². The highest BCUT2D eigenvalue weighted by Crippen LogP contribution is 2.14. The van der Waals surface area contributed by atoms with Gasteiger partial charge >= 0.3 is 5.69 Å². The molecular weight excluding hydrogens is 368 g/mol. The van der Waals surface area contributed by atoms with E-state index in [-0.39, 0.29) is 11.2 Å². The van der Waals surface area contributed by atoms with E-state index < -0.39 is 0 Å². The molecule has 0 fully saturated rings. The number of aromatic nitrogens is 6. The van der Waals surface area contributed by atoms with Crippen molar-refractivity contribution in [2.45, 2.75) is 26.9 Å². The van der Waals surface area contributed by atoms with E-state index in [0.717, 1.165) is 11.3 Å². The second-order valence-corrected chi connectivity index (χ2v) is 6.66. The lowest BCUT2D eigenvalue weighted by atomic mass is 10.3. The predicted octanol–water partition coefficient (Wildman–Crippen LogP) is 2.29. The highest BCUT2D eigenvalue weighted by molar-refractivity contribution is 5.76. The van der Waals surface area contributed by atoms with E-state index in [1.54, 1.807) is 29.4 Å². The first-order valence-corrected chi connectivity index (χ1v) is 9.53. The van der Waals surface area contributed by atoms with Crippen molar-refractivity contribution in [3.05, 3.63) is 75.0 Å². The second-order valence-electron chi connectivity index (χ2n) is 6.66. The van der Waals surface area contributed by atoms with E-state index in [9.17, 15) is 9.59 Å². The molecule has 1 aromatic carbocycles. The first-order valence-electron chi connectivity index (χ1n) is 9.53. The van der Waals surface area contributed by atoms with E-state index in [1.807, 2.05) is 55.6 Å². The lowest BCUT2D eigenvalue weighted by Gasteiger charge is -2.08. The Kier molecular flexibility index (Phi) is 4.75. The summed E-state index contributed by atoms with van der Waals surface area (Å²) >= 11 is 0. The summed E-state index contributed by atoms with van der Waals surface area (Å²) in [5.74, 6) is 0.597. The van der Waals surface area contributed by atoms with Crippen molar-refractivity contribution in [2.75, 3.05) is 0 Å². The molecular formula is C21H22N6O2. The Hall–Kier alpha value is -3.68. The molecule has 4 aromatic rings. The number of rotatable bonds is 5. The summed E-state index contributed by atoms with van der Waals surface area (Å²) in [6, 6.07) is 9.84. The first-order chi connectivity index (χ1) is 14.0. The van der Waals surface area contributed by atoms with Crippen LogP contribution in [0.2, 0.25) is 0 Å². The van der Waals surface area contributed by atoms with Crippen molar-refractivity contribution < 1.29 is 0 Å². The fourth-order valence-corrected chi connectivity index (χ4v) is 3.41. The Labute approximate surface area is 167 Å². The zero-order valence-corrected chi connectivity index (χ0v) is 16.6. The van der Waals surface area contributed by atoms with Gasteiger partial charge in [-0.1, -0.05) is 18.2 Å². The molecule has 3 aromatic heterocycles. The highest BCUT2D eigenvalue weighted by atomic mass is 16.2. The number of nitrogens with zero attached hydrogens (tertiary/aromatic N) is 6. The van der Waals surface area contributed by atoms with Gasteiger partial charge in [0.1, 0.15) is 5.82 Å². The molecule has 0 aliphatic carbocycles. The molecule has 3 heterocycles. The second kappa shape index (κ2) is 7.38. The Bertz CT molecular complexity index is 1320. The van der Waals surface area contributed by atoms with Crippen LogP contribution in [-0.2, 0) is 20.1 Å². The van der Waals surface area contributed by atoms with Gasteiger partial charge in [-0.2, -0.15) is 5.10 Å². The number of benzene rings is 1. The van der Waals surface area contributed by atoms with Crippen molar-refractivity contribution >= 4 is 23.3 Å².